The minimum atomic E-state index is 0.169. The van der Waals surface area contributed by atoms with Gasteiger partial charge in [0.15, 0.2) is 11.5 Å². The van der Waals surface area contributed by atoms with Crippen LogP contribution >= 0.6 is 0 Å². The molecule has 1 aromatic heterocycles. The molecule has 3 aromatic rings. The molecule has 0 aliphatic carbocycles. The molecule has 0 radical (unpaired) electrons. The van der Waals surface area contributed by atoms with Gasteiger partial charge >= 0.3 is 0 Å². The predicted molar refractivity (Wildman–Crippen MR) is 119 cm³/mol. The Morgan fingerprint density at radius 2 is 1.63 bits per heavy atom. The normalized spacial score (nSPS) is 12.0. The first kappa shape index (κ1) is 21.3. The van der Waals surface area contributed by atoms with Gasteiger partial charge in [-0.05, 0) is 24.1 Å². The number of anilines is 3. The Kier molecular flexibility index (Phi) is 6.63. The maximum Gasteiger partial charge on any atom is 0.222 e. The number of benzene rings is 2. The summed E-state index contributed by atoms with van der Waals surface area (Å²) in [6.45, 7) is 5.06. The summed E-state index contributed by atoms with van der Waals surface area (Å²) in [4.78, 5) is 8.30. The molecule has 0 bridgehead atoms. The zero-order valence-corrected chi connectivity index (χ0v) is 17.7. The highest BCUT2D eigenvalue weighted by atomic mass is 16.5. The van der Waals surface area contributed by atoms with Crippen LogP contribution in [-0.4, -0.2) is 44.4 Å². The predicted octanol–water partition coefficient (Wildman–Crippen LogP) is 2.33. The van der Waals surface area contributed by atoms with E-state index >= 15 is 0 Å². The van der Waals surface area contributed by atoms with E-state index in [9.17, 15) is 0 Å². The van der Waals surface area contributed by atoms with Gasteiger partial charge < -0.3 is 36.3 Å². The quantitative estimate of drug-likeness (QED) is 0.449. The van der Waals surface area contributed by atoms with Crippen LogP contribution in [-0.2, 0) is 6.54 Å². The lowest BCUT2D eigenvalue weighted by atomic mass is 10.0. The smallest absolute Gasteiger partial charge is 0.222 e. The van der Waals surface area contributed by atoms with Crippen molar-refractivity contribution in [3.63, 3.8) is 0 Å². The number of nitrogens with zero attached hydrogens (tertiary/aromatic N) is 2. The number of hydrogen-bond donors (Lipinski definition) is 4. The number of rotatable bonds is 6. The van der Waals surface area contributed by atoms with Gasteiger partial charge in [-0.1, -0.05) is 6.07 Å². The zero-order valence-electron chi connectivity index (χ0n) is 17.7. The summed E-state index contributed by atoms with van der Waals surface area (Å²) in [6.07, 6.45) is 0. The highest BCUT2D eigenvalue weighted by Crippen LogP contribution is 2.40. The van der Waals surface area contributed by atoms with Crippen LogP contribution in [0.1, 0.15) is 11.1 Å². The average Bonchev–Trinajstić information content (AvgIpc) is 3.61. The van der Waals surface area contributed by atoms with Crippen molar-refractivity contribution in [1.82, 2.24) is 15.3 Å². The summed E-state index contributed by atoms with van der Waals surface area (Å²) in [6, 6.07) is 7.60. The first-order chi connectivity index (χ1) is 14.5. The number of fused-ring (bicyclic) bond motifs is 1. The van der Waals surface area contributed by atoms with E-state index in [1.165, 1.54) is 13.1 Å². The fourth-order valence-electron chi connectivity index (χ4n) is 3.06. The van der Waals surface area contributed by atoms with E-state index in [1.54, 1.807) is 21.3 Å². The third-order valence-corrected chi connectivity index (χ3v) is 4.68. The molecule has 0 spiro atoms. The number of nitrogen functional groups attached to an aromatic ring is 2. The second-order valence-electron chi connectivity index (χ2n) is 6.73. The number of ether oxygens (including phenoxy) is 3. The molecular formula is C21H28N6O3. The zero-order chi connectivity index (χ0) is 21.7. The summed E-state index contributed by atoms with van der Waals surface area (Å²) in [5.74, 6) is 2.27. The number of aryl methyl sites for hydroxylation is 1. The highest BCUT2D eigenvalue weighted by Gasteiger charge is 2.14. The van der Waals surface area contributed by atoms with E-state index in [-0.39, 0.29) is 5.95 Å². The van der Waals surface area contributed by atoms with Crippen LogP contribution in [0.2, 0.25) is 0 Å². The van der Waals surface area contributed by atoms with E-state index in [0.717, 1.165) is 27.7 Å². The van der Waals surface area contributed by atoms with Crippen molar-refractivity contribution in [2.75, 3.05) is 51.2 Å². The molecule has 0 unspecified atom stereocenters. The lowest BCUT2D eigenvalue weighted by Gasteiger charge is -2.16. The fraction of sp³-hybridized carbons (Fsp3) is 0.333. The van der Waals surface area contributed by atoms with Gasteiger partial charge in [0.2, 0.25) is 11.7 Å². The Morgan fingerprint density at radius 3 is 2.17 bits per heavy atom. The van der Waals surface area contributed by atoms with Gasteiger partial charge in [0.05, 0.1) is 26.8 Å². The summed E-state index contributed by atoms with van der Waals surface area (Å²) >= 11 is 0. The van der Waals surface area contributed by atoms with Gasteiger partial charge in [-0.15, -0.1) is 0 Å². The second kappa shape index (κ2) is 9.36. The van der Waals surface area contributed by atoms with Crippen molar-refractivity contribution in [3.8, 4) is 17.2 Å². The van der Waals surface area contributed by atoms with Crippen LogP contribution in [0.4, 0.5) is 17.5 Å². The van der Waals surface area contributed by atoms with Crippen molar-refractivity contribution in [2.24, 2.45) is 0 Å². The maximum atomic E-state index is 6.04. The van der Waals surface area contributed by atoms with E-state index < -0.39 is 0 Å². The largest absolute Gasteiger partial charge is 0.493 e. The lowest BCUT2D eigenvalue weighted by Crippen LogP contribution is -2.06. The second-order valence-corrected chi connectivity index (χ2v) is 6.73. The van der Waals surface area contributed by atoms with E-state index in [4.69, 9.17) is 25.7 Å². The lowest BCUT2D eigenvalue weighted by molar-refractivity contribution is 0.324. The van der Waals surface area contributed by atoms with Crippen molar-refractivity contribution >= 4 is 28.4 Å². The summed E-state index contributed by atoms with van der Waals surface area (Å²) in [5, 5.41) is 7.19. The van der Waals surface area contributed by atoms with Crippen LogP contribution in [0.15, 0.2) is 24.3 Å². The topological polar surface area (TPSA) is 139 Å². The minimum absolute atomic E-state index is 0.169. The molecule has 1 aliphatic rings. The number of methoxy groups -OCH3 is 3. The van der Waals surface area contributed by atoms with Crippen LogP contribution < -0.4 is 36.3 Å². The Labute approximate surface area is 175 Å². The van der Waals surface area contributed by atoms with Crippen LogP contribution in [0.25, 0.3) is 10.9 Å². The monoisotopic (exact) mass is 412 g/mol. The molecule has 0 amide bonds. The molecule has 0 atom stereocenters. The number of hydrogen-bond acceptors (Lipinski definition) is 9. The van der Waals surface area contributed by atoms with Gasteiger partial charge in [0, 0.05) is 42.8 Å². The van der Waals surface area contributed by atoms with Crippen LogP contribution in [0.5, 0.6) is 17.2 Å². The molecule has 4 rings (SSSR count). The Balaban J connectivity index is 0.000000782. The molecule has 2 heterocycles. The van der Waals surface area contributed by atoms with Crippen molar-refractivity contribution in [2.45, 2.75) is 13.5 Å². The molecule has 30 heavy (non-hydrogen) atoms. The van der Waals surface area contributed by atoms with Gasteiger partial charge in [0.1, 0.15) is 5.82 Å². The summed E-state index contributed by atoms with van der Waals surface area (Å²) < 4.78 is 16.1. The number of nitrogens with one attached hydrogen (secondary N) is 2. The fourth-order valence-corrected chi connectivity index (χ4v) is 3.06. The van der Waals surface area contributed by atoms with Gasteiger partial charge in [-0.2, -0.15) is 4.98 Å². The molecule has 9 nitrogen and oxygen atoms in total. The van der Waals surface area contributed by atoms with Crippen molar-refractivity contribution in [1.29, 1.82) is 0 Å². The molecular weight excluding hydrogens is 384 g/mol. The molecule has 1 saturated heterocycles. The summed E-state index contributed by atoms with van der Waals surface area (Å²) in [7, 11) is 4.75. The molecule has 9 heteroatoms. The van der Waals surface area contributed by atoms with Crippen molar-refractivity contribution < 1.29 is 14.2 Å². The molecule has 2 aromatic carbocycles. The Bertz CT molecular complexity index is 1010. The molecule has 6 N–H and O–H groups in total. The van der Waals surface area contributed by atoms with E-state index in [2.05, 4.69) is 20.6 Å². The number of nitrogens with two attached hydrogens (primary N) is 2. The first-order valence-electron chi connectivity index (χ1n) is 9.54. The standard InChI is InChI=1S/C19H23N5O3.C2H5N/c1-10-11(5-6-13-16(10)18(20)24-19(21)23-13)9-22-12-7-14(25-2)17(27-4)15(8-12)26-3;1-2-3-1/h5-8,22H,9H2,1-4H3,(H4,20,21,23,24);3H,1-2H2. The minimum Gasteiger partial charge on any atom is -0.493 e. The third kappa shape index (κ3) is 4.74. The van der Waals surface area contributed by atoms with E-state index in [0.29, 0.717) is 29.6 Å². The van der Waals surface area contributed by atoms with Crippen molar-refractivity contribution in [3.05, 3.63) is 35.4 Å². The molecule has 160 valence electrons. The third-order valence-electron chi connectivity index (χ3n) is 4.68. The van der Waals surface area contributed by atoms with Gasteiger partial charge in [-0.25, -0.2) is 4.98 Å². The summed E-state index contributed by atoms with van der Waals surface area (Å²) in [5.41, 5.74) is 15.4. The maximum absolute atomic E-state index is 6.04. The molecule has 1 aliphatic heterocycles. The Morgan fingerprint density at radius 1 is 1.00 bits per heavy atom. The Hall–Kier alpha value is -3.46. The average molecular weight is 412 g/mol. The SMILES string of the molecule is C1CN1.COc1cc(NCc2ccc3nc(N)nc(N)c3c2C)cc(OC)c1OC. The van der Waals surface area contributed by atoms with Crippen LogP contribution in [0.3, 0.4) is 0 Å². The van der Waals surface area contributed by atoms with Gasteiger partial charge in [0.25, 0.3) is 0 Å². The van der Waals surface area contributed by atoms with Gasteiger partial charge in [-0.3, -0.25) is 0 Å². The molecule has 0 saturated carbocycles. The van der Waals surface area contributed by atoms with E-state index in [1.807, 2.05) is 31.2 Å². The number of aromatic nitrogens is 2. The first-order valence-corrected chi connectivity index (χ1v) is 9.54. The highest BCUT2D eigenvalue weighted by molar-refractivity contribution is 5.92. The van der Waals surface area contributed by atoms with Crippen LogP contribution in [0, 0.1) is 6.92 Å². The molecule has 1 fully saturated rings.